The summed E-state index contributed by atoms with van der Waals surface area (Å²) >= 11 is 5.72. The van der Waals surface area contributed by atoms with E-state index < -0.39 is 16.8 Å². The number of benzene rings is 1. The van der Waals surface area contributed by atoms with Crippen LogP contribution in [0.5, 0.6) is 0 Å². The van der Waals surface area contributed by atoms with Crippen LogP contribution in [0.1, 0.15) is 30.4 Å². The average Bonchev–Trinajstić information content (AvgIpc) is 3.44. The fourth-order valence-electron chi connectivity index (χ4n) is 4.65. The maximum atomic E-state index is 13.2. The monoisotopic (exact) mass is 473 g/mol. The van der Waals surface area contributed by atoms with E-state index in [0.29, 0.717) is 12.4 Å². The number of alkyl halides is 3. The number of halogens is 4. The molecule has 0 amide bonds. The average molecular weight is 474 g/mol. The van der Waals surface area contributed by atoms with Gasteiger partial charge in [-0.1, -0.05) is 17.7 Å². The molecule has 2 aliphatic rings. The van der Waals surface area contributed by atoms with Gasteiger partial charge in [0, 0.05) is 49.0 Å². The molecule has 2 aromatic heterocycles. The lowest BCUT2D eigenvalue weighted by atomic mass is 10.0. The fourth-order valence-corrected chi connectivity index (χ4v) is 4.86. The quantitative estimate of drug-likeness (QED) is 0.493. The van der Waals surface area contributed by atoms with Crippen LogP contribution in [0.25, 0.3) is 11.4 Å². The molecule has 3 aromatic rings. The second kappa shape index (κ2) is 8.17. The molecular formula is C24H23ClF3N5. The fraction of sp³-hybridized carbons (Fsp3) is 0.375. The first kappa shape index (κ1) is 21.9. The number of aryl methyl sites for hydroxylation is 1. The number of nitrogens with zero attached hydrogens (tertiary/aromatic N) is 4. The van der Waals surface area contributed by atoms with Crippen molar-refractivity contribution in [3.8, 4) is 11.4 Å². The van der Waals surface area contributed by atoms with E-state index in [9.17, 15) is 13.2 Å². The van der Waals surface area contributed by atoms with Crippen molar-refractivity contribution in [2.75, 3.05) is 23.3 Å². The summed E-state index contributed by atoms with van der Waals surface area (Å²) in [6.07, 6.45) is 3.28. The van der Waals surface area contributed by atoms with E-state index in [1.165, 1.54) is 12.8 Å². The maximum Gasteiger partial charge on any atom is 0.418 e. The number of hydrogen-bond donors (Lipinski definition) is 1. The van der Waals surface area contributed by atoms with E-state index in [2.05, 4.69) is 31.2 Å². The van der Waals surface area contributed by atoms with Crippen molar-refractivity contribution in [2.24, 2.45) is 5.41 Å². The lowest BCUT2D eigenvalue weighted by Gasteiger charge is -2.29. The smallest absolute Gasteiger partial charge is 0.368 e. The van der Waals surface area contributed by atoms with E-state index in [1.54, 1.807) is 18.5 Å². The summed E-state index contributed by atoms with van der Waals surface area (Å²) in [4.78, 5) is 15.3. The Hall–Kier alpha value is -2.87. The van der Waals surface area contributed by atoms with Crippen LogP contribution in [0, 0.1) is 12.3 Å². The van der Waals surface area contributed by atoms with Crippen LogP contribution in [0.4, 0.5) is 24.7 Å². The maximum absolute atomic E-state index is 13.2. The van der Waals surface area contributed by atoms with Crippen LogP contribution < -0.4 is 10.2 Å². The van der Waals surface area contributed by atoms with E-state index in [-0.39, 0.29) is 17.3 Å². The minimum atomic E-state index is -4.53. The van der Waals surface area contributed by atoms with Gasteiger partial charge in [0.15, 0.2) is 5.82 Å². The Morgan fingerprint density at radius 2 is 1.91 bits per heavy atom. The second-order valence-electron chi connectivity index (χ2n) is 9.01. The molecule has 1 atom stereocenters. The summed E-state index contributed by atoms with van der Waals surface area (Å²) in [5.41, 5.74) is 2.52. The van der Waals surface area contributed by atoms with E-state index in [0.717, 1.165) is 42.0 Å². The Morgan fingerprint density at radius 1 is 1.15 bits per heavy atom. The van der Waals surface area contributed by atoms with Gasteiger partial charge in [0.25, 0.3) is 0 Å². The Labute approximate surface area is 195 Å². The highest BCUT2D eigenvalue weighted by atomic mass is 35.5. The van der Waals surface area contributed by atoms with Crippen molar-refractivity contribution in [3.05, 3.63) is 65.1 Å². The standard InChI is InChI=1S/C24H23ClF3N5/c1-15-3-4-17(22-29-7-2-8-30-22)20(9-15)33-14-23(5-6-23)11-16(33)12-31-21-10-18(24(26,27)28)19(25)13-32-21/h2-4,7-10,13,16H,5-6,11-12,14H2,1H3,(H,31,32)/t16-/m0/s1. The van der Waals surface area contributed by atoms with E-state index in [4.69, 9.17) is 11.6 Å². The minimum Gasteiger partial charge on any atom is -0.368 e. The molecule has 0 radical (unpaired) electrons. The predicted octanol–water partition coefficient (Wildman–Crippen LogP) is 5.99. The Balaban J connectivity index is 1.43. The highest BCUT2D eigenvalue weighted by Crippen LogP contribution is 2.56. The molecule has 1 aromatic carbocycles. The van der Waals surface area contributed by atoms with Crippen LogP contribution in [-0.4, -0.2) is 34.1 Å². The van der Waals surface area contributed by atoms with Crippen molar-refractivity contribution in [3.63, 3.8) is 0 Å². The molecule has 1 saturated heterocycles. The van der Waals surface area contributed by atoms with Crippen LogP contribution in [-0.2, 0) is 6.18 Å². The molecule has 5 nitrogen and oxygen atoms in total. The molecule has 1 spiro atoms. The molecule has 9 heteroatoms. The predicted molar refractivity (Wildman–Crippen MR) is 122 cm³/mol. The number of rotatable bonds is 5. The Kier molecular flexibility index (Phi) is 5.43. The molecule has 0 bridgehead atoms. The zero-order valence-electron chi connectivity index (χ0n) is 18.0. The van der Waals surface area contributed by atoms with Crippen molar-refractivity contribution in [1.82, 2.24) is 15.0 Å². The second-order valence-corrected chi connectivity index (χ2v) is 9.41. The normalized spacial score (nSPS) is 19.2. The van der Waals surface area contributed by atoms with Gasteiger partial charge < -0.3 is 10.2 Å². The van der Waals surface area contributed by atoms with E-state index in [1.807, 2.05) is 19.1 Å². The number of pyridine rings is 1. The summed E-state index contributed by atoms with van der Waals surface area (Å²) in [6.45, 7) is 3.42. The van der Waals surface area contributed by atoms with Gasteiger partial charge in [-0.05, 0) is 61.4 Å². The van der Waals surface area contributed by atoms with Crippen molar-refractivity contribution < 1.29 is 13.2 Å². The molecule has 1 aliphatic heterocycles. The van der Waals surface area contributed by atoms with Gasteiger partial charge in [0.2, 0.25) is 0 Å². The topological polar surface area (TPSA) is 53.9 Å². The first-order chi connectivity index (χ1) is 15.7. The van der Waals surface area contributed by atoms with Gasteiger partial charge in [0.1, 0.15) is 5.82 Å². The number of nitrogens with one attached hydrogen (secondary N) is 1. The third kappa shape index (κ3) is 4.49. The van der Waals surface area contributed by atoms with E-state index >= 15 is 0 Å². The van der Waals surface area contributed by atoms with Gasteiger partial charge in [-0.3, -0.25) is 0 Å². The summed E-state index contributed by atoms with van der Waals surface area (Å²) in [7, 11) is 0. The molecule has 33 heavy (non-hydrogen) atoms. The first-order valence-corrected chi connectivity index (χ1v) is 11.2. The minimum absolute atomic E-state index is 0.101. The SMILES string of the molecule is Cc1ccc(-c2ncccn2)c(N2CC3(CC3)C[C@H]2CNc2cc(C(F)(F)F)c(Cl)cn2)c1. The summed E-state index contributed by atoms with van der Waals surface area (Å²) in [6, 6.07) is 9.09. The number of anilines is 2. The van der Waals surface area contributed by atoms with Crippen molar-refractivity contribution >= 4 is 23.1 Å². The molecule has 0 unspecified atom stereocenters. The highest BCUT2D eigenvalue weighted by molar-refractivity contribution is 6.31. The van der Waals surface area contributed by atoms with Gasteiger partial charge in [-0.2, -0.15) is 13.2 Å². The summed E-state index contributed by atoms with van der Waals surface area (Å²) in [5.74, 6) is 0.824. The van der Waals surface area contributed by atoms with Crippen LogP contribution in [0.15, 0.2) is 48.9 Å². The Morgan fingerprint density at radius 3 is 2.61 bits per heavy atom. The number of hydrogen-bond acceptors (Lipinski definition) is 5. The number of aromatic nitrogens is 3. The molecule has 1 saturated carbocycles. The molecule has 172 valence electrons. The Bertz CT molecular complexity index is 1160. The van der Waals surface area contributed by atoms with Gasteiger partial charge in [-0.25, -0.2) is 15.0 Å². The van der Waals surface area contributed by atoms with Gasteiger partial charge in [0.05, 0.1) is 10.6 Å². The molecule has 5 rings (SSSR count). The lowest BCUT2D eigenvalue weighted by Crippen LogP contribution is -2.35. The van der Waals surface area contributed by atoms with Gasteiger partial charge >= 0.3 is 6.18 Å². The molecule has 2 fully saturated rings. The van der Waals surface area contributed by atoms with Crippen LogP contribution in [0.3, 0.4) is 0 Å². The largest absolute Gasteiger partial charge is 0.418 e. The third-order valence-electron chi connectivity index (χ3n) is 6.52. The lowest BCUT2D eigenvalue weighted by molar-refractivity contribution is -0.137. The van der Waals surface area contributed by atoms with Crippen LogP contribution in [0.2, 0.25) is 5.02 Å². The zero-order chi connectivity index (χ0) is 23.2. The molecule has 1 aliphatic carbocycles. The van der Waals surface area contributed by atoms with Crippen LogP contribution >= 0.6 is 11.6 Å². The molecular weight excluding hydrogens is 451 g/mol. The zero-order valence-corrected chi connectivity index (χ0v) is 18.8. The van der Waals surface area contributed by atoms with Gasteiger partial charge in [-0.15, -0.1) is 0 Å². The first-order valence-electron chi connectivity index (χ1n) is 10.9. The van der Waals surface area contributed by atoms with Crippen molar-refractivity contribution in [1.29, 1.82) is 0 Å². The molecule has 1 N–H and O–H groups in total. The van der Waals surface area contributed by atoms with Crippen molar-refractivity contribution in [2.45, 2.75) is 38.4 Å². The molecule has 3 heterocycles. The summed E-state index contributed by atoms with van der Waals surface area (Å²) in [5, 5.41) is 2.72. The summed E-state index contributed by atoms with van der Waals surface area (Å²) < 4.78 is 39.7. The third-order valence-corrected chi connectivity index (χ3v) is 6.82. The highest BCUT2D eigenvalue weighted by Gasteiger charge is 2.52.